The van der Waals surface area contributed by atoms with Gasteiger partial charge in [-0.1, -0.05) is 38.2 Å². The monoisotopic (exact) mass is 233 g/mol. The Morgan fingerprint density at radius 1 is 1.29 bits per heavy atom. The van der Waals surface area contributed by atoms with Crippen molar-refractivity contribution in [3.63, 3.8) is 0 Å². The molecule has 0 aromatic carbocycles. The lowest BCUT2D eigenvalue weighted by Gasteiger charge is -2.23. The molecule has 0 radical (unpaired) electrons. The Morgan fingerprint density at radius 2 is 2.00 bits per heavy atom. The fraction of sp³-hybridized carbons (Fsp3) is 0.643. The second kappa shape index (κ2) is 6.48. The second-order valence-electron chi connectivity index (χ2n) is 4.83. The van der Waals surface area contributed by atoms with E-state index in [0.717, 1.165) is 12.5 Å². The number of anilines is 1. The summed E-state index contributed by atoms with van der Waals surface area (Å²) in [5, 5.41) is 3.31. The van der Waals surface area contributed by atoms with Crippen LogP contribution in [-0.4, -0.2) is 16.1 Å². The van der Waals surface area contributed by atoms with Gasteiger partial charge in [0.2, 0.25) is 5.95 Å². The van der Waals surface area contributed by atoms with Gasteiger partial charge in [0.1, 0.15) is 0 Å². The minimum absolute atomic E-state index is 0.630. The van der Waals surface area contributed by atoms with Crippen LogP contribution in [0.4, 0.5) is 5.95 Å². The molecule has 0 bridgehead atoms. The van der Waals surface area contributed by atoms with E-state index in [4.69, 9.17) is 0 Å². The number of hydrogen-bond acceptors (Lipinski definition) is 2. The summed E-state index contributed by atoms with van der Waals surface area (Å²) in [5.41, 5.74) is 0. The van der Waals surface area contributed by atoms with Crippen LogP contribution in [0.25, 0.3) is 0 Å². The Labute approximate surface area is 104 Å². The van der Waals surface area contributed by atoms with Crippen molar-refractivity contribution in [2.45, 2.75) is 51.0 Å². The quantitative estimate of drug-likeness (QED) is 0.802. The molecule has 0 unspecified atom stereocenters. The van der Waals surface area contributed by atoms with Crippen molar-refractivity contribution >= 4 is 5.95 Å². The van der Waals surface area contributed by atoms with Gasteiger partial charge in [-0.2, -0.15) is 0 Å². The van der Waals surface area contributed by atoms with E-state index in [2.05, 4.69) is 27.6 Å². The molecule has 3 nitrogen and oxygen atoms in total. The van der Waals surface area contributed by atoms with Gasteiger partial charge in [-0.25, -0.2) is 4.98 Å². The second-order valence-corrected chi connectivity index (χ2v) is 4.83. The van der Waals surface area contributed by atoms with Crippen LogP contribution < -0.4 is 5.32 Å². The molecular weight excluding hydrogens is 210 g/mol. The third-order valence-corrected chi connectivity index (χ3v) is 3.54. The average Bonchev–Trinajstić information content (AvgIpc) is 2.74. The van der Waals surface area contributed by atoms with Gasteiger partial charge in [0.05, 0.1) is 0 Å². The van der Waals surface area contributed by atoms with Crippen molar-refractivity contribution in [2.75, 3.05) is 11.9 Å². The maximum atomic E-state index is 4.39. The summed E-state index contributed by atoms with van der Waals surface area (Å²) in [6.45, 7) is 4.51. The van der Waals surface area contributed by atoms with Crippen molar-refractivity contribution < 1.29 is 0 Å². The molecule has 17 heavy (non-hydrogen) atoms. The van der Waals surface area contributed by atoms with Gasteiger partial charge in [-0.05, 0) is 12.8 Å². The summed E-state index contributed by atoms with van der Waals surface area (Å²) in [5.74, 6) is 0.996. The van der Waals surface area contributed by atoms with Crippen molar-refractivity contribution in [1.29, 1.82) is 0 Å². The Balaban J connectivity index is 2.02. The van der Waals surface area contributed by atoms with Crippen molar-refractivity contribution in [3.8, 4) is 0 Å². The highest BCUT2D eigenvalue weighted by Gasteiger charge is 2.15. The van der Waals surface area contributed by atoms with Gasteiger partial charge < -0.3 is 9.88 Å². The summed E-state index contributed by atoms with van der Waals surface area (Å²) in [4.78, 5) is 4.39. The molecule has 0 spiro atoms. The minimum Gasteiger partial charge on any atom is -0.352 e. The molecule has 1 aromatic heterocycles. The van der Waals surface area contributed by atoms with Crippen LogP contribution >= 0.6 is 0 Å². The third kappa shape index (κ3) is 3.35. The van der Waals surface area contributed by atoms with Crippen molar-refractivity contribution in [2.24, 2.45) is 0 Å². The van der Waals surface area contributed by atoms with E-state index in [1.54, 1.807) is 0 Å². The zero-order valence-corrected chi connectivity index (χ0v) is 10.6. The number of rotatable bonds is 4. The Kier molecular flexibility index (Phi) is 4.65. The molecule has 1 saturated carbocycles. The number of imidazole rings is 1. The molecule has 2 rings (SSSR count). The van der Waals surface area contributed by atoms with E-state index in [1.165, 1.54) is 44.9 Å². The number of nitrogens with one attached hydrogen (secondary N) is 1. The SMILES string of the molecule is C=CCNc1nccn1C1CCCCCCC1. The topological polar surface area (TPSA) is 29.9 Å². The molecule has 0 aliphatic heterocycles. The molecular formula is C14H23N3. The maximum absolute atomic E-state index is 4.39. The van der Waals surface area contributed by atoms with E-state index in [9.17, 15) is 0 Å². The Hall–Kier alpha value is -1.25. The van der Waals surface area contributed by atoms with Gasteiger partial charge in [0.15, 0.2) is 0 Å². The standard InChI is InChI=1S/C14H23N3/c1-2-10-15-14-16-11-12-17(14)13-8-6-4-3-5-7-9-13/h2,11-13H,1,3-10H2,(H,15,16). The summed E-state index contributed by atoms with van der Waals surface area (Å²) in [7, 11) is 0. The molecule has 3 heteroatoms. The van der Waals surface area contributed by atoms with E-state index in [1.807, 2.05) is 12.3 Å². The van der Waals surface area contributed by atoms with Crippen molar-refractivity contribution in [1.82, 2.24) is 9.55 Å². The highest BCUT2D eigenvalue weighted by atomic mass is 15.2. The molecule has 0 saturated heterocycles. The van der Waals surface area contributed by atoms with Crippen LogP contribution in [-0.2, 0) is 0 Å². The molecule has 1 fully saturated rings. The Bertz CT molecular complexity index is 335. The maximum Gasteiger partial charge on any atom is 0.203 e. The third-order valence-electron chi connectivity index (χ3n) is 3.54. The smallest absolute Gasteiger partial charge is 0.203 e. The molecule has 1 N–H and O–H groups in total. The van der Waals surface area contributed by atoms with Gasteiger partial charge in [0, 0.05) is 25.0 Å². The van der Waals surface area contributed by atoms with Crippen molar-refractivity contribution in [3.05, 3.63) is 25.0 Å². The number of aromatic nitrogens is 2. The largest absolute Gasteiger partial charge is 0.352 e. The number of hydrogen-bond donors (Lipinski definition) is 1. The molecule has 0 atom stereocenters. The van der Waals surface area contributed by atoms with Crippen LogP contribution in [0.2, 0.25) is 0 Å². The zero-order chi connectivity index (χ0) is 11.9. The first-order valence-electron chi connectivity index (χ1n) is 6.79. The zero-order valence-electron chi connectivity index (χ0n) is 10.6. The fourth-order valence-electron chi connectivity index (χ4n) is 2.62. The number of nitrogens with zero attached hydrogens (tertiary/aromatic N) is 2. The lowest BCUT2D eigenvalue weighted by atomic mass is 9.96. The van der Waals surface area contributed by atoms with E-state index in [0.29, 0.717) is 6.04 Å². The van der Waals surface area contributed by atoms with Crippen LogP contribution in [0.1, 0.15) is 51.0 Å². The normalized spacial score (nSPS) is 18.4. The molecule has 94 valence electrons. The highest BCUT2D eigenvalue weighted by Crippen LogP contribution is 2.28. The molecule has 0 amide bonds. The summed E-state index contributed by atoms with van der Waals surface area (Å²) < 4.78 is 2.31. The first-order valence-corrected chi connectivity index (χ1v) is 6.79. The summed E-state index contributed by atoms with van der Waals surface area (Å²) in [6.07, 6.45) is 15.4. The van der Waals surface area contributed by atoms with Gasteiger partial charge in [-0.3, -0.25) is 0 Å². The van der Waals surface area contributed by atoms with Crippen LogP contribution in [0, 0.1) is 0 Å². The molecule has 1 aliphatic carbocycles. The Morgan fingerprint density at radius 3 is 2.71 bits per heavy atom. The average molecular weight is 233 g/mol. The predicted octanol–water partition coefficient (Wildman–Crippen LogP) is 3.77. The van der Waals surface area contributed by atoms with E-state index >= 15 is 0 Å². The summed E-state index contributed by atoms with van der Waals surface area (Å²) >= 11 is 0. The van der Waals surface area contributed by atoms with Crippen LogP contribution in [0.3, 0.4) is 0 Å². The highest BCUT2D eigenvalue weighted by molar-refractivity contribution is 5.27. The van der Waals surface area contributed by atoms with Crippen LogP contribution in [0.5, 0.6) is 0 Å². The van der Waals surface area contributed by atoms with Gasteiger partial charge >= 0.3 is 0 Å². The van der Waals surface area contributed by atoms with Gasteiger partial charge in [-0.15, -0.1) is 6.58 Å². The minimum atomic E-state index is 0.630. The lowest BCUT2D eigenvalue weighted by Crippen LogP contribution is -2.14. The molecule has 1 heterocycles. The fourth-order valence-corrected chi connectivity index (χ4v) is 2.62. The molecule has 1 aromatic rings. The van der Waals surface area contributed by atoms with E-state index in [-0.39, 0.29) is 0 Å². The summed E-state index contributed by atoms with van der Waals surface area (Å²) in [6, 6.07) is 0.630. The van der Waals surface area contributed by atoms with Crippen LogP contribution in [0.15, 0.2) is 25.0 Å². The van der Waals surface area contributed by atoms with E-state index < -0.39 is 0 Å². The van der Waals surface area contributed by atoms with Gasteiger partial charge in [0.25, 0.3) is 0 Å². The first-order chi connectivity index (χ1) is 8.42. The lowest BCUT2D eigenvalue weighted by molar-refractivity contribution is 0.374. The molecule has 1 aliphatic rings. The predicted molar refractivity (Wildman–Crippen MR) is 72.3 cm³/mol. The first kappa shape index (κ1) is 12.2.